The van der Waals surface area contributed by atoms with Crippen molar-refractivity contribution in [3.05, 3.63) is 0 Å². The highest BCUT2D eigenvalue weighted by Crippen LogP contribution is 2.17. The molecule has 0 radical (unpaired) electrons. The summed E-state index contributed by atoms with van der Waals surface area (Å²) in [4.78, 5) is 0. The zero-order chi connectivity index (χ0) is 23.0. The van der Waals surface area contributed by atoms with Crippen molar-refractivity contribution < 1.29 is 37.3 Å². The van der Waals surface area contributed by atoms with Gasteiger partial charge in [-0.3, -0.25) is 0 Å². The van der Waals surface area contributed by atoms with Crippen LogP contribution in [0.1, 0.15) is 122 Å². The maximum Gasteiger partial charge on any atom is 0.202 e. The van der Waals surface area contributed by atoms with E-state index in [1.807, 2.05) is 0 Å². The molecular weight excluding hydrogens is 426 g/mol. The lowest BCUT2D eigenvalue weighted by Crippen LogP contribution is -3.00. The molecule has 0 fully saturated rings. The summed E-state index contributed by atoms with van der Waals surface area (Å²) in [6.07, 6.45) is 21.5. The third kappa shape index (κ3) is 21.9. The Balaban J connectivity index is 0. The quantitative estimate of drug-likeness (QED) is 0.0914. The molecule has 0 aromatic rings. The van der Waals surface area contributed by atoms with Crippen molar-refractivity contribution >= 4 is 0 Å². The number of halogens is 1. The van der Waals surface area contributed by atoms with Gasteiger partial charge in [-0.2, -0.15) is 0 Å². The van der Waals surface area contributed by atoms with Gasteiger partial charge in [-0.25, -0.2) is 0 Å². The van der Waals surface area contributed by atoms with Crippen LogP contribution in [0.2, 0.25) is 0 Å². The maximum absolute atomic E-state index is 9.54. The van der Waals surface area contributed by atoms with Crippen LogP contribution in [0.5, 0.6) is 0 Å². The molecule has 6 heteroatoms. The molecule has 0 amide bonds. The zero-order valence-electron chi connectivity index (χ0n) is 21.2. The van der Waals surface area contributed by atoms with E-state index in [1.165, 1.54) is 96.3 Å². The van der Waals surface area contributed by atoms with Crippen molar-refractivity contribution in [2.45, 2.75) is 129 Å². The van der Waals surface area contributed by atoms with E-state index < -0.39 is 6.29 Å². The lowest BCUT2D eigenvalue weighted by molar-refractivity contribution is -0.934. The molecule has 0 spiro atoms. The average molecular weight is 482 g/mol. The predicted octanol–water partition coefficient (Wildman–Crippen LogP) is 2.14. The van der Waals surface area contributed by atoms with Gasteiger partial charge in [-0.15, -0.1) is 0 Å². The molecule has 0 saturated carbocycles. The minimum atomic E-state index is -1.33. The first-order valence-corrected chi connectivity index (χ1v) is 13.5. The fourth-order valence-electron chi connectivity index (χ4n) is 4.76. The van der Waals surface area contributed by atoms with E-state index in [-0.39, 0.29) is 25.6 Å². The Bertz CT molecular complexity index is 351. The summed E-state index contributed by atoms with van der Waals surface area (Å²) in [5.41, 5.74) is 0. The molecule has 0 aromatic heterocycles. The van der Waals surface area contributed by atoms with Crippen LogP contribution in [0.25, 0.3) is 0 Å². The van der Waals surface area contributed by atoms with Crippen LogP contribution in [0.15, 0.2) is 0 Å². The number of hydrogen-bond acceptors (Lipinski definition) is 4. The van der Waals surface area contributed by atoms with Crippen LogP contribution < -0.4 is 12.4 Å². The lowest BCUT2D eigenvalue weighted by Gasteiger charge is -2.39. The number of quaternary nitrogens is 1. The van der Waals surface area contributed by atoms with Crippen LogP contribution in [0, 0.1) is 0 Å². The van der Waals surface area contributed by atoms with E-state index in [4.69, 9.17) is 0 Å². The standard InChI is InChI=1S/C26H56NO4.ClH/c1-2-3-4-5-6-7-8-9-10-11-12-13-14-15-16-17-20-27(21-18-23-28,22-19-24-29)25-26(30)31;/h26,28-31H,2-25H2,1H3;1H/q+1;/p-1. The Hall–Kier alpha value is 0.0900. The fourth-order valence-corrected chi connectivity index (χ4v) is 4.76. The second-order valence-corrected chi connectivity index (χ2v) is 9.63. The Morgan fingerprint density at radius 3 is 1.12 bits per heavy atom. The molecule has 0 unspecified atom stereocenters. The number of aliphatic hydroxyl groups is 4. The third-order valence-corrected chi connectivity index (χ3v) is 6.62. The van der Waals surface area contributed by atoms with Gasteiger partial charge in [0.25, 0.3) is 0 Å². The van der Waals surface area contributed by atoms with Crippen molar-refractivity contribution in [1.29, 1.82) is 0 Å². The molecule has 32 heavy (non-hydrogen) atoms. The van der Waals surface area contributed by atoms with E-state index in [1.54, 1.807) is 0 Å². The largest absolute Gasteiger partial charge is 1.00 e. The van der Waals surface area contributed by atoms with Crippen LogP contribution in [0.4, 0.5) is 0 Å². The summed E-state index contributed by atoms with van der Waals surface area (Å²) in [5.74, 6) is 0. The van der Waals surface area contributed by atoms with Crippen LogP contribution in [-0.2, 0) is 0 Å². The van der Waals surface area contributed by atoms with Gasteiger partial charge < -0.3 is 37.3 Å². The highest BCUT2D eigenvalue weighted by molar-refractivity contribution is 4.53. The first-order chi connectivity index (χ1) is 15.1. The zero-order valence-corrected chi connectivity index (χ0v) is 21.9. The predicted molar refractivity (Wildman–Crippen MR) is 131 cm³/mol. The average Bonchev–Trinajstić information content (AvgIpc) is 2.75. The van der Waals surface area contributed by atoms with Crippen molar-refractivity contribution in [2.75, 3.05) is 39.4 Å². The molecule has 0 aliphatic heterocycles. The molecule has 5 nitrogen and oxygen atoms in total. The van der Waals surface area contributed by atoms with Gasteiger partial charge in [-0.05, 0) is 12.8 Å². The smallest absolute Gasteiger partial charge is 0.202 e. The molecule has 0 bridgehead atoms. The Kier molecular flexibility index (Phi) is 27.5. The van der Waals surface area contributed by atoms with E-state index >= 15 is 0 Å². The van der Waals surface area contributed by atoms with Gasteiger partial charge in [0.05, 0.1) is 19.6 Å². The molecule has 0 aromatic carbocycles. The molecule has 0 rings (SSSR count). The number of aliphatic hydroxyl groups excluding tert-OH is 3. The minimum absolute atomic E-state index is 0. The molecular formula is C26H56ClNO4. The van der Waals surface area contributed by atoms with Crippen LogP contribution in [-0.4, -0.2) is 70.6 Å². The second kappa shape index (κ2) is 25.7. The third-order valence-electron chi connectivity index (χ3n) is 6.62. The normalized spacial score (nSPS) is 11.8. The summed E-state index contributed by atoms with van der Waals surface area (Å²) in [6.45, 7) is 5.20. The highest BCUT2D eigenvalue weighted by Gasteiger charge is 2.28. The van der Waals surface area contributed by atoms with Crippen molar-refractivity contribution in [3.63, 3.8) is 0 Å². The van der Waals surface area contributed by atoms with Gasteiger partial charge in [0.2, 0.25) is 6.29 Å². The molecule has 0 saturated heterocycles. The Labute approximate surface area is 205 Å². The van der Waals surface area contributed by atoms with Crippen molar-refractivity contribution in [1.82, 2.24) is 0 Å². The fraction of sp³-hybridized carbons (Fsp3) is 1.00. The molecule has 196 valence electrons. The van der Waals surface area contributed by atoms with Crippen LogP contribution in [0.3, 0.4) is 0 Å². The van der Waals surface area contributed by atoms with E-state index in [0.29, 0.717) is 23.9 Å². The summed E-state index contributed by atoms with van der Waals surface area (Å²) in [7, 11) is 0. The van der Waals surface area contributed by atoms with Crippen molar-refractivity contribution in [3.8, 4) is 0 Å². The molecule has 0 aliphatic rings. The number of hydrogen-bond donors (Lipinski definition) is 4. The minimum Gasteiger partial charge on any atom is -1.00 e. The lowest BCUT2D eigenvalue weighted by atomic mass is 10.0. The summed E-state index contributed by atoms with van der Waals surface area (Å²) in [5, 5.41) is 37.5. The summed E-state index contributed by atoms with van der Waals surface area (Å²) < 4.78 is 0.595. The molecule has 0 heterocycles. The Morgan fingerprint density at radius 2 is 0.812 bits per heavy atom. The topological polar surface area (TPSA) is 80.9 Å². The summed E-state index contributed by atoms with van der Waals surface area (Å²) in [6, 6.07) is 0. The molecule has 0 atom stereocenters. The van der Waals surface area contributed by atoms with Gasteiger partial charge in [0.15, 0.2) is 0 Å². The van der Waals surface area contributed by atoms with Gasteiger partial charge >= 0.3 is 0 Å². The molecule has 0 aliphatic carbocycles. The number of unbranched alkanes of at least 4 members (excludes halogenated alkanes) is 15. The number of rotatable bonds is 25. The maximum atomic E-state index is 9.54. The van der Waals surface area contributed by atoms with Gasteiger partial charge in [-0.1, -0.05) is 96.8 Å². The van der Waals surface area contributed by atoms with Crippen LogP contribution >= 0.6 is 0 Å². The highest BCUT2D eigenvalue weighted by atomic mass is 35.5. The monoisotopic (exact) mass is 481 g/mol. The summed E-state index contributed by atoms with van der Waals surface area (Å²) >= 11 is 0. The van der Waals surface area contributed by atoms with Crippen molar-refractivity contribution in [2.24, 2.45) is 0 Å². The number of nitrogens with zero attached hydrogens (tertiary/aromatic N) is 1. The Morgan fingerprint density at radius 1 is 0.500 bits per heavy atom. The first-order valence-electron chi connectivity index (χ1n) is 13.5. The van der Waals surface area contributed by atoms with E-state index in [2.05, 4.69) is 6.92 Å². The van der Waals surface area contributed by atoms with E-state index in [9.17, 15) is 20.4 Å². The first kappa shape index (κ1) is 34.3. The SMILES string of the molecule is CCCCCCCCCCCCCCCCCC[N+](CCCO)(CCCO)CC(O)O.[Cl-]. The second-order valence-electron chi connectivity index (χ2n) is 9.63. The van der Waals surface area contributed by atoms with Gasteiger partial charge in [0, 0.05) is 26.1 Å². The molecule has 4 N–H and O–H groups in total. The van der Waals surface area contributed by atoms with Gasteiger partial charge in [0.1, 0.15) is 6.54 Å². The van der Waals surface area contributed by atoms with E-state index in [0.717, 1.165) is 26.1 Å².